The van der Waals surface area contributed by atoms with Crippen molar-refractivity contribution in [2.24, 2.45) is 11.8 Å². The molecule has 0 aromatic carbocycles. The molecule has 24 heavy (non-hydrogen) atoms. The molecule has 0 saturated heterocycles. The van der Waals surface area contributed by atoms with Gasteiger partial charge in [-0.05, 0) is 71.4 Å². The van der Waals surface area contributed by atoms with E-state index in [1.165, 1.54) is 5.57 Å². The molecule has 0 amide bonds. The second-order valence-corrected chi connectivity index (χ2v) is 8.04. The molecule has 0 aliphatic heterocycles. The average molecular weight is 330 g/mol. The van der Waals surface area contributed by atoms with Gasteiger partial charge in [0, 0.05) is 24.4 Å². The second-order valence-electron chi connectivity index (χ2n) is 8.04. The van der Waals surface area contributed by atoms with Gasteiger partial charge >= 0.3 is 0 Å². The van der Waals surface area contributed by atoms with Gasteiger partial charge in [0.15, 0.2) is 5.78 Å². The van der Waals surface area contributed by atoms with E-state index in [-0.39, 0.29) is 0 Å². The molecule has 0 saturated carbocycles. The van der Waals surface area contributed by atoms with E-state index in [2.05, 4.69) is 63.8 Å². The number of rotatable bonds is 7. The van der Waals surface area contributed by atoms with Gasteiger partial charge < -0.3 is 0 Å². The molecule has 2 aliphatic carbocycles. The summed E-state index contributed by atoms with van der Waals surface area (Å²) in [5, 5.41) is 0. The van der Waals surface area contributed by atoms with E-state index >= 15 is 0 Å². The quantitative estimate of drug-likeness (QED) is 0.630. The van der Waals surface area contributed by atoms with Gasteiger partial charge in [-0.1, -0.05) is 36.8 Å². The Morgan fingerprint density at radius 2 is 1.88 bits per heavy atom. The molecule has 2 atom stereocenters. The monoisotopic (exact) mass is 329 g/mol. The van der Waals surface area contributed by atoms with Gasteiger partial charge in [-0.3, -0.25) is 9.69 Å². The van der Waals surface area contributed by atoms with Crippen LogP contribution in [-0.2, 0) is 4.79 Å². The third kappa shape index (κ3) is 4.92. The van der Waals surface area contributed by atoms with E-state index in [1.807, 2.05) is 0 Å². The van der Waals surface area contributed by atoms with Gasteiger partial charge in [-0.2, -0.15) is 0 Å². The molecule has 0 heterocycles. The van der Waals surface area contributed by atoms with Crippen LogP contribution >= 0.6 is 0 Å². The van der Waals surface area contributed by atoms with Crippen molar-refractivity contribution in [2.75, 3.05) is 6.54 Å². The third-order valence-corrected chi connectivity index (χ3v) is 5.48. The fraction of sp³-hybridized carbons (Fsp3) is 0.682. The number of allylic oxidation sites excluding steroid dienone is 6. The number of hydrogen-bond donors (Lipinski definition) is 0. The number of carbonyl (C=O) groups excluding carboxylic acids is 1. The van der Waals surface area contributed by atoms with Crippen LogP contribution in [0, 0.1) is 11.8 Å². The zero-order valence-corrected chi connectivity index (χ0v) is 16.2. The lowest BCUT2D eigenvalue weighted by atomic mass is 9.77. The van der Waals surface area contributed by atoms with Crippen molar-refractivity contribution in [1.82, 2.24) is 4.90 Å². The lowest BCUT2D eigenvalue weighted by Gasteiger charge is -2.34. The second kappa shape index (κ2) is 8.80. The summed E-state index contributed by atoms with van der Waals surface area (Å²) in [5.74, 6) is 1.23. The van der Waals surface area contributed by atoms with Crippen molar-refractivity contribution in [3.8, 4) is 0 Å². The van der Waals surface area contributed by atoms with Crippen LogP contribution in [-0.4, -0.2) is 29.3 Å². The number of carbonyl (C=O) groups is 1. The minimum atomic E-state index is 0.310. The maximum atomic E-state index is 12.6. The van der Waals surface area contributed by atoms with Crippen molar-refractivity contribution in [2.45, 2.75) is 78.8 Å². The average Bonchev–Trinajstić information content (AvgIpc) is 2.54. The van der Waals surface area contributed by atoms with Crippen LogP contribution < -0.4 is 0 Å². The van der Waals surface area contributed by atoms with Crippen molar-refractivity contribution in [3.63, 3.8) is 0 Å². The molecule has 0 bridgehead atoms. The minimum absolute atomic E-state index is 0.310. The first-order valence-electron chi connectivity index (χ1n) is 9.76. The van der Waals surface area contributed by atoms with E-state index in [0.717, 1.165) is 44.2 Å². The van der Waals surface area contributed by atoms with Crippen molar-refractivity contribution in [1.29, 1.82) is 0 Å². The first-order valence-corrected chi connectivity index (χ1v) is 9.76. The standard InChI is InChI=1S/C22H35NO/c1-16(2)23(17(3)4)14-13-20(19-9-7-6-8-10-19)21-15-18(5)11-12-22(21)24/h6-7,9,15-18,20H,8,10-14H2,1-5H3. The first-order chi connectivity index (χ1) is 11.4. The smallest absolute Gasteiger partial charge is 0.159 e. The summed E-state index contributed by atoms with van der Waals surface area (Å²) in [6, 6.07) is 1.08. The van der Waals surface area contributed by atoms with Crippen LogP contribution in [0.2, 0.25) is 0 Å². The number of hydrogen-bond acceptors (Lipinski definition) is 2. The molecular formula is C22H35NO. The fourth-order valence-electron chi connectivity index (χ4n) is 4.14. The Morgan fingerprint density at radius 3 is 2.46 bits per heavy atom. The highest BCUT2D eigenvalue weighted by molar-refractivity contribution is 5.97. The normalized spacial score (nSPS) is 23.0. The largest absolute Gasteiger partial charge is 0.299 e. The Bertz CT molecular complexity index is 516. The number of Topliss-reactive ketones (excluding diaryl/α,β-unsaturated/α-hetero) is 1. The molecule has 0 N–H and O–H groups in total. The molecule has 0 aromatic rings. The Morgan fingerprint density at radius 1 is 1.17 bits per heavy atom. The Kier molecular flexibility index (Phi) is 7.03. The molecule has 134 valence electrons. The van der Waals surface area contributed by atoms with Gasteiger partial charge in [-0.15, -0.1) is 0 Å². The summed E-state index contributed by atoms with van der Waals surface area (Å²) in [5.41, 5.74) is 2.56. The van der Waals surface area contributed by atoms with E-state index in [4.69, 9.17) is 0 Å². The van der Waals surface area contributed by atoms with Gasteiger partial charge in [-0.25, -0.2) is 0 Å². The Labute approximate surface area is 148 Å². The highest BCUT2D eigenvalue weighted by Gasteiger charge is 2.28. The topological polar surface area (TPSA) is 20.3 Å². The zero-order chi connectivity index (χ0) is 17.7. The van der Waals surface area contributed by atoms with Crippen molar-refractivity contribution in [3.05, 3.63) is 35.5 Å². The van der Waals surface area contributed by atoms with Gasteiger partial charge in [0.2, 0.25) is 0 Å². The fourth-order valence-corrected chi connectivity index (χ4v) is 4.14. The maximum Gasteiger partial charge on any atom is 0.159 e. The van der Waals surface area contributed by atoms with Crippen molar-refractivity contribution < 1.29 is 4.79 Å². The third-order valence-electron chi connectivity index (χ3n) is 5.48. The molecule has 0 fully saturated rings. The van der Waals surface area contributed by atoms with Crippen LogP contribution in [0.5, 0.6) is 0 Å². The molecule has 2 aliphatic rings. The SMILES string of the molecule is CC1C=C(C(CCN(C(C)C)C(C)C)C2=CC=CCC2)C(=O)CC1. The summed E-state index contributed by atoms with van der Waals surface area (Å²) in [6.07, 6.45) is 13.9. The minimum Gasteiger partial charge on any atom is -0.299 e. The van der Waals surface area contributed by atoms with Gasteiger partial charge in [0.05, 0.1) is 0 Å². The molecule has 0 spiro atoms. The summed E-state index contributed by atoms with van der Waals surface area (Å²) in [6.45, 7) is 12.4. The predicted octanol–water partition coefficient (Wildman–Crippen LogP) is 5.31. The van der Waals surface area contributed by atoms with E-state index in [0.29, 0.717) is 29.7 Å². The van der Waals surface area contributed by atoms with Crippen LogP contribution in [0.3, 0.4) is 0 Å². The highest BCUT2D eigenvalue weighted by atomic mass is 16.1. The maximum absolute atomic E-state index is 12.6. The molecule has 2 nitrogen and oxygen atoms in total. The Balaban J connectivity index is 2.22. The van der Waals surface area contributed by atoms with Crippen LogP contribution in [0.1, 0.15) is 66.7 Å². The van der Waals surface area contributed by atoms with Crippen LogP contribution in [0.15, 0.2) is 35.5 Å². The van der Waals surface area contributed by atoms with Crippen LogP contribution in [0.25, 0.3) is 0 Å². The molecule has 0 radical (unpaired) electrons. The highest BCUT2D eigenvalue weighted by Crippen LogP contribution is 2.35. The van der Waals surface area contributed by atoms with Gasteiger partial charge in [0.25, 0.3) is 0 Å². The number of nitrogens with zero attached hydrogens (tertiary/aromatic N) is 1. The molecule has 2 rings (SSSR count). The molecule has 0 aromatic heterocycles. The number of ketones is 1. The van der Waals surface area contributed by atoms with Crippen molar-refractivity contribution >= 4 is 5.78 Å². The zero-order valence-electron chi connectivity index (χ0n) is 16.2. The molecular weight excluding hydrogens is 294 g/mol. The lowest BCUT2D eigenvalue weighted by molar-refractivity contribution is -0.116. The predicted molar refractivity (Wildman–Crippen MR) is 103 cm³/mol. The lowest BCUT2D eigenvalue weighted by Crippen LogP contribution is -2.39. The molecule has 2 heteroatoms. The summed E-state index contributed by atoms with van der Waals surface area (Å²) >= 11 is 0. The van der Waals surface area contributed by atoms with Gasteiger partial charge in [0.1, 0.15) is 0 Å². The molecule has 2 unspecified atom stereocenters. The van der Waals surface area contributed by atoms with E-state index < -0.39 is 0 Å². The summed E-state index contributed by atoms with van der Waals surface area (Å²) in [4.78, 5) is 15.2. The summed E-state index contributed by atoms with van der Waals surface area (Å²) in [7, 11) is 0. The first kappa shape index (κ1) is 19.2. The van der Waals surface area contributed by atoms with E-state index in [1.54, 1.807) is 0 Å². The summed E-state index contributed by atoms with van der Waals surface area (Å²) < 4.78 is 0. The van der Waals surface area contributed by atoms with E-state index in [9.17, 15) is 4.79 Å². The Hall–Kier alpha value is -1.15. The van der Waals surface area contributed by atoms with Crippen LogP contribution in [0.4, 0.5) is 0 Å².